The minimum Gasteiger partial charge on any atom is -0.465 e. The van der Waals surface area contributed by atoms with Gasteiger partial charge in [0.05, 0.1) is 25.9 Å². The van der Waals surface area contributed by atoms with E-state index in [-0.39, 0.29) is 11.5 Å². The largest absolute Gasteiger partial charge is 0.465 e. The van der Waals surface area contributed by atoms with Crippen molar-refractivity contribution in [2.24, 2.45) is 0 Å². The third-order valence-corrected chi connectivity index (χ3v) is 3.34. The molecule has 1 saturated heterocycles. The molecule has 1 fully saturated rings. The molecule has 0 bridgehead atoms. The second-order valence-electron chi connectivity index (χ2n) is 4.79. The molecule has 1 aromatic rings. The molecule has 1 aliphatic heterocycles. The molecule has 1 N–H and O–H groups in total. The molecule has 0 aliphatic carbocycles. The number of nitrogens with zero attached hydrogens (tertiary/aromatic N) is 2. The molecular formula is C16H17N3O4. The van der Waals surface area contributed by atoms with Crippen LogP contribution in [0.4, 0.5) is 5.69 Å². The first-order valence-electron chi connectivity index (χ1n) is 7.08. The number of methoxy groups -OCH3 is 1. The first kappa shape index (κ1) is 16.5. The Morgan fingerprint density at radius 3 is 2.52 bits per heavy atom. The number of carbonyl (C=O) groups excluding carboxylic acids is 2. The van der Waals surface area contributed by atoms with Crippen molar-refractivity contribution in [1.82, 2.24) is 4.90 Å². The van der Waals surface area contributed by atoms with Gasteiger partial charge in [0.25, 0.3) is 5.91 Å². The van der Waals surface area contributed by atoms with Crippen molar-refractivity contribution in [2.75, 3.05) is 38.7 Å². The van der Waals surface area contributed by atoms with Crippen molar-refractivity contribution in [3.63, 3.8) is 0 Å². The van der Waals surface area contributed by atoms with Gasteiger partial charge in [0.1, 0.15) is 11.6 Å². The fraction of sp³-hybridized carbons (Fsp3) is 0.312. The van der Waals surface area contributed by atoms with Gasteiger partial charge in [-0.3, -0.25) is 4.79 Å². The Morgan fingerprint density at radius 2 is 1.96 bits per heavy atom. The molecular weight excluding hydrogens is 298 g/mol. The number of rotatable bonds is 4. The summed E-state index contributed by atoms with van der Waals surface area (Å²) in [5.41, 5.74) is 1.09. The number of carbonyl (C=O) groups is 2. The van der Waals surface area contributed by atoms with E-state index >= 15 is 0 Å². The van der Waals surface area contributed by atoms with Gasteiger partial charge in [-0.1, -0.05) is 0 Å². The van der Waals surface area contributed by atoms with Crippen LogP contribution in [0.2, 0.25) is 0 Å². The molecule has 0 unspecified atom stereocenters. The summed E-state index contributed by atoms with van der Waals surface area (Å²) in [5.74, 6) is -0.748. The quantitative estimate of drug-likeness (QED) is 0.509. The average molecular weight is 315 g/mol. The molecule has 7 nitrogen and oxygen atoms in total. The van der Waals surface area contributed by atoms with Gasteiger partial charge in [0, 0.05) is 25.0 Å². The van der Waals surface area contributed by atoms with Crippen LogP contribution in [0, 0.1) is 11.3 Å². The van der Waals surface area contributed by atoms with Gasteiger partial charge in [0.2, 0.25) is 0 Å². The first-order chi connectivity index (χ1) is 11.2. The number of anilines is 1. The minimum atomic E-state index is -0.424. The Kier molecular flexibility index (Phi) is 5.72. The van der Waals surface area contributed by atoms with Gasteiger partial charge in [-0.25, -0.2) is 4.79 Å². The second-order valence-corrected chi connectivity index (χ2v) is 4.79. The molecule has 0 radical (unpaired) electrons. The number of benzene rings is 1. The first-order valence-corrected chi connectivity index (χ1v) is 7.08. The zero-order chi connectivity index (χ0) is 16.7. The van der Waals surface area contributed by atoms with Crippen LogP contribution in [0.1, 0.15) is 10.4 Å². The van der Waals surface area contributed by atoms with Crippen molar-refractivity contribution in [1.29, 1.82) is 5.26 Å². The van der Waals surface area contributed by atoms with Crippen molar-refractivity contribution in [2.45, 2.75) is 0 Å². The SMILES string of the molecule is COC(=O)c1ccc(N/C=C(/C#N)C(=O)N2CCOCC2)cc1. The molecule has 0 spiro atoms. The normalized spacial score (nSPS) is 14.8. The van der Waals surface area contributed by atoms with E-state index in [9.17, 15) is 9.59 Å². The number of nitrogens with one attached hydrogen (secondary N) is 1. The second kappa shape index (κ2) is 7.96. The molecule has 1 aromatic carbocycles. The lowest BCUT2D eigenvalue weighted by Gasteiger charge is -2.26. The lowest BCUT2D eigenvalue weighted by atomic mass is 10.2. The van der Waals surface area contributed by atoms with Crippen LogP contribution in [0.25, 0.3) is 0 Å². The van der Waals surface area contributed by atoms with E-state index in [0.717, 1.165) is 0 Å². The van der Waals surface area contributed by atoms with E-state index in [1.165, 1.54) is 13.3 Å². The standard InChI is InChI=1S/C16H17N3O4/c1-22-16(21)12-2-4-14(5-3-12)18-11-13(10-17)15(20)19-6-8-23-9-7-19/h2-5,11,18H,6-9H2,1H3/b13-11-. The van der Waals surface area contributed by atoms with Crippen molar-refractivity contribution >= 4 is 17.6 Å². The van der Waals surface area contributed by atoms with Gasteiger partial charge in [-0.05, 0) is 24.3 Å². The summed E-state index contributed by atoms with van der Waals surface area (Å²) in [5, 5.41) is 12.0. The summed E-state index contributed by atoms with van der Waals surface area (Å²) in [6.45, 7) is 1.91. The van der Waals surface area contributed by atoms with Crippen molar-refractivity contribution in [3.8, 4) is 6.07 Å². The van der Waals surface area contributed by atoms with Crippen LogP contribution in [0.5, 0.6) is 0 Å². The highest BCUT2D eigenvalue weighted by Gasteiger charge is 2.20. The van der Waals surface area contributed by atoms with E-state index in [1.54, 1.807) is 29.2 Å². The third kappa shape index (κ3) is 4.31. The Bertz CT molecular complexity index is 640. The molecule has 1 aliphatic rings. The van der Waals surface area contributed by atoms with Crippen molar-refractivity contribution in [3.05, 3.63) is 41.6 Å². The summed E-state index contributed by atoms with van der Waals surface area (Å²) in [4.78, 5) is 25.1. The molecule has 2 rings (SSSR count). The summed E-state index contributed by atoms with van der Waals surface area (Å²) >= 11 is 0. The van der Waals surface area contributed by atoms with Gasteiger partial charge in [-0.2, -0.15) is 5.26 Å². The van der Waals surface area contributed by atoms with Crippen LogP contribution in [0.3, 0.4) is 0 Å². The van der Waals surface area contributed by atoms with Crippen LogP contribution in [0.15, 0.2) is 36.0 Å². The van der Waals surface area contributed by atoms with Gasteiger partial charge >= 0.3 is 5.97 Å². The molecule has 0 atom stereocenters. The average Bonchev–Trinajstić information content (AvgIpc) is 2.62. The van der Waals surface area contributed by atoms with E-state index in [2.05, 4.69) is 10.1 Å². The molecule has 23 heavy (non-hydrogen) atoms. The highest BCUT2D eigenvalue weighted by molar-refractivity contribution is 5.97. The number of morpholine rings is 1. The maximum Gasteiger partial charge on any atom is 0.337 e. The zero-order valence-electron chi connectivity index (χ0n) is 12.7. The number of hydrogen-bond acceptors (Lipinski definition) is 6. The van der Waals surface area contributed by atoms with E-state index in [0.29, 0.717) is 37.6 Å². The van der Waals surface area contributed by atoms with E-state index in [1.807, 2.05) is 6.07 Å². The van der Waals surface area contributed by atoms with Crippen LogP contribution in [-0.2, 0) is 14.3 Å². The Balaban J connectivity index is 2.03. The molecule has 7 heteroatoms. The third-order valence-electron chi connectivity index (χ3n) is 3.34. The monoisotopic (exact) mass is 315 g/mol. The van der Waals surface area contributed by atoms with Gasteiger partial charge in [-0.15, -0.1) is 0 Å². The fourth-order valence-corrected chi connectivity index (χ4v) is 2.05. The highest BCUT2D eigenvalue weighted by atomic mass is 16.5. The zero-order valence-corrected chi connectivity index (χ0v) is 12.7. The molecule has 1 amide bonds. The summed E-state index contributed by atoms with van der Waals surface area (Å²) in [6.07, 6.45) is 1.37. The summed E-state index contributed by atoms with van der Waals surface area (Å²) < 4.78 is 9.80. The predicted octanol–water partition coefficient (Wildman–Crippen LogP) is 1.15. The predicted molar refractivity (Wildman–Crippen MR) is 82.5 cm³/mol. The molecule has 120 valence electrons. The van der Waals surface area contributed by atoms with Crippen molar-refractivity contribution < 1.29 is 19.1 Å². The topological polar surface area (TPSA) is 91.7 Å². The van der Waals surface area contributed by atoms with Gasteiger partial charge < -0.3 is 19.7 Å². The minimum absolute atomic E-state index is 0.0175. The molecule has 0 aromatic heterocycles. The van der Waals surface area contributed by atoms with Gasteiger partial charge in [0.15, 0.2) is 0 Å². The molecule has 1 heterocycles. The number of esters is 1. The maximum atomic E-state index is 12.2. The van der Waals surface area contributed by atoms with E-state index in [4.69, 9.17) is 10.00 Å². The Labute approximate surface area is 134 Å². The number of nitriles is 1. The summed E-state index contributed by atoms with van der Waals surface area (Å²) in [7, 11) is 1.31. The summed E-state index contributed by atoms with van der Waals surface area (Å²) in [6, 6.07) is 8.42. The number of hydrogen-bond donors (Lipinski definition) is 1. The lowest BCUT2D eigenvalue weighted by molar-refractivity contribution is -0.130. The maximum absolute atomic E-state index is 12.2. The Morgan fingerprint density at radius 1 is 1.30 bits per heavy atom. The number of amides is 1. The number of ether oxygens (including phenoxy) is 2. The Hall–Kier alpha value is -2.85. The van der Waals surface area contributed by atoms with Crippen LogP contribution >= 0.6 is 0 Å². The van der Waals surface area contributed by atoms with Crippen LogP contribution in [-0.4, -0.2) is 50.2 Å². The fourth-order valence-electron chi connectivity index (χ4n) is 2.05. The van der Waals surface area contributed by atoms with Crippen LogP contribution < -0.4 is 5.32 Å². The highest BCUT2D eigenvalue weighted by Crippen LogP contribution is 2.12. The lowest BCUT2D eigenvalue weighted by Crippen LogP contribution is -2.41. The molecule has 0 saturated carbocycles. The smallest absolute Gasteiger partial charge is 0.337 e. The van der Waals surface area contributed by atoms with E-state index < -0.39 is 5.97 Å².